The molecule has 4 N–H and O–H groups in total. The minimum Gasteiger partial charge on any atom is -0.508 e. The summed E-state index contributed by atoms with van der Waals surface area (Å²) >= 11 is 1.27. The molecule has 2 amide bonds. The SMILES string of the molecule is CCNC(=O)c1noc(-c2cc(C(C)C)c(O)cc2O)c1NC(=O)c1sccc1C. The number of phenols is 2. The van der Waals surface area contributed by atoms with Crippen molar-refractivity contribution in [1.82, 2.24) is 10.5 Å². The van der Waals surface area contributed by atoms with E-state index in [0.717, 1.165) is 5.56 Å². The third-order valence-corrected chi connectivity index (χ3v) is 5.58. The predicted molar refractivity (Wildman–Crippen MR) is 114 cm³/mol. The van der Waals surface area contributed by atoms with E-state index in [0.29, 0.717) is 17.0 Å². The zero-order chi connectivity index (χ0) is 22.0. The van der Waals surface area contributed by atoms with Crippen molar-refractivity contribution in [3.05, 3.63) is 45.3 Å². The fourth-order valence-electron chi connectivity index (χ4n) is 3.00. The Morgan fingerprint density at radius 2 is 1.93 bits per heavy atom. The van der Waals surface area contributed by atoms with Crippen LogP contribution >= 0.6 is 11.3 Å². The second-order valence-corrected chi connectivity index (χ2v) is 7.98. The number of anilines is 1. The molecule has 0 saturated carbocycles. The number of nitrogens with one attached hydrogen (secondary N) is 2. The average Bonchev–Trinajstić information content (AvgIpc) is 3.28. The number of aromatic hydroxyl groups is 2. The molecule has 3 rings (SSSR count). The summed E-state index contributed by atoms with van der Waals surface area (Å²) in [6, 6.07) is 4.58. The van der Waals surface area contributed by atoms with Crippen molar-refractivity contribution in [3.8, 4) is 22.8 Å². The number of carbonyl (C=O) groups excluding carboxylic acids is 2. The van der Waals surface area contributed by atoms with E-state index in [9.17, 15) is 19.8 Å². The largest absolute Gasteiger partial charge is 0.508 e. The molecule has 0 spiro atoms. The first-order chi connectivity index (χ1) is 14.2. The molecule has 0 aliphatic heterocycles. The van der Waals surface area contributed by atoms with Crippen molar-refractivity contribution in [2.45, 2.75) is 33.6 Å². The Labute approximate surface area is 177 Å². The molecule has 0 bridgehead atoms. The van der Waals surface area contributed by atoms with Crippen LogP contribution in [0.15, 0.2) is 28.1 Å². The van der Waals surface area contributed by atoms with Gasteiger partial charge in [-0.05, 0) is 48.4 Å². The second kappa shape index (κ2) is 8.58. The fourth-order valence-corrected chi connectivity index (χ4v) is 3.82. The number of aromatic nitrogens is 1. The third kappa shape index (κ3) is 4.02. The van der Waals surface area contributed by atoms with Crippen LogP contribution in [0.4, 0.5) is 5.69 Å². The molecule has 3 aromatic rings. The Morgan fingerprint density at radius 3 is 2.53 bits per heavy atom. The van der Waals surface area contributed by atoms with E-state index in [1.807, 2.05) is 26.8 Å². The highest BCUT2D eigenvalue weighted by Crippen LogP contribution is 2.42. The van der Waals surface area contributed by atoms with Crippen LogP contribution in [0.5, 0.6) is 11.5 Å². The van der Waals surface area contributed by atoms with Crippen LogP contribution in [-0.4, -0.2) is 33.7 Å². The second-order valence-electron chi connectivity index (χ2n) is 7.06. The molecule has 0 aliphatic rings. The molecule has 9 heteroatoms. The van der Waals surface area contributed by atoms with Gasteiger partial charge in [0.15, 0.2) is 11.5 Å². The fraction of sp³-hybridized carbons (Fsp3) is 0.286. The number of hydrogen-bond donors (Lipinski definition) is 4. The van der Waals surface area contributed by atoms with Crippen molar-refractivity contribution in [2.75, 3.05) is 11.9 Å². The highest BCUT2D eigenvalue weighted by Gasteiger charge is 2.28. The summed E-state index contributed by atoms with van der Waals surface area (Å²) in [7, 11) is 0. The van der Waals surface area contributed by atoms with Crippen molar-refractivity contribution in [1.29, 1.82) is 0 Å². The van der Waals surface area contributed by atoms with Gasteiger partial charge in [0.1, 0.15) is 17.2 Å². The number of carbonyl (C=O) groups is 2. The van der Waals surface area contributed by atoms with Crippen LogP contribution in [0.2, 0.25) is 0 Å². The van der Waals surface area contributed by atoms with Crippen LogP contribution in [0.3, 0.4) is 0 Å². The monoisotopic (exact) mass is 429 g/mol. The highest BCUT2D eigenvalue weighted by atomic mass is 32.1. The topological polar surface area (TPSA) is 125 Å². The van der Waals surface area contributed by atoms with E-state index < -0.39 is 11.8 Å². The van der Waals surface area contributed by atoms with E-state index >= 15 is 0 Å². The lowest BCUT2D eigenvalue weighted by molar-refractivity contribution is 0.0947. The van der Waals surface area contributed by atoms with E-state index in [4.69, 9.17) is 4.52 Å². The summed E-state index contributed by atoms with van der Waals surface area (Å²) in [5.41, 5.74) is 1.52. The predicted octanol–water partition coefficient (Wildman–Crippen LogP) is 4.25. The lowest BCUT2D eigenvalue weighted by Gasteiger charge is -2.12. The number of phenolic OH excluding ortho intramolecular Hbond substituents is 2. The first-order valence-electron chi connectivity index (χ1n) is 9.44. The Kier molecular flexibility index (Phi) is 6.12. The first-order valence-corrected chi connectivity index (χ1v) is 10.3. The summed E-state index contributed by atoms with van der Waals surface area (Å²) in [6.45, 7) is 7.70. The van der Waals surface area contributed by atoms with Gasteiger partial charge in [-0.25, -0.2) is 0 Å². The number of nitrogens with zero attached hydrogens (tertiary/aromatic N) is 1. The van der Waals surface area contributed by atoms with Crippen molar-refractivity contribution < 1.29 is 24.3 Å². The van der Waals surface area contributed by atoms with Crippen molar-refractivity contribution in [3.63, 3.8) is 0 Å². The van der Waals surface area contributed by atoms with Gasteiger partial charge >= 0.3 is 0 Å². The molecule has 1 aromatic carbocycles. The molecule has 0 atom stereocenters. The Hall–Kier alpha value is -3.33. The lowest BCUT2D eigenvalue weighted by atomic mass is 9.97. The first kappa shape index (κ1) is 21.4. The quantitative estimate of drug-likeness (QED) is 0.464. The maximum atomic E-state index is 12.8. The van der Waals surface area contributed by atoms with Gasteiger partial charge in [-0.15, -0.1) is 11.3 Å². The summed E-state index contributed by atoms with van der Waals surface area (Å²) in [5, 5.41) is 31.5. The van der Waals surface area contributed by atoms with E-state index in [1.54, 1.807) is 18.4 Å². The Bertz CT molecular complexity index is 1100. The van der Waals surface area contributed by atoms with Crippen LogP contribution in [-0.2, 0) is 0 Å². The average molecular weight is 429 g/mol. The number of amides is 2. The minimum absolute atomic E-state index is 0.0261. The summed E-state index contributed by atoms with van der Waals surface area (Å²) in [4.78, 5) is 25.8. The number of thiophene rings is 1. The smallest absolute Gasteiger partial charge is 0.275 e. The highest BCUT2D eigenvalue weighted by molar-refractivity contribution is 7.12. The molecule has 0 aliphatic carbocycles. The van der Waals surface area contributed by atoms with Gasteiger partial charge in [-0.3, -0.25) is 9.59 Å². The van der Waals surface area contributed by atoms with E-state index in [-0.39, 0.29) is 40.1 Å². The standard InChI is InChI=1S/C21H23N3O5S/c1-5-22-20(27)17-16(23-21(28)19-11(4)6-7-30-19)18(29-24-17)13-8-12(10(2)3)14(25)9-15(13)26/h6-10,25-26H,5H2,1-4H3,(H,22,27)(H,23,28). The Balaban J connectivity index is 2.14. The van der Waals surface area contributed by atoms with Crippen LogP contribution < -0.4 is 10.6 Å². The molecule has 158 valence electrons. The zero-order valence-corrected chi connectivity index (χ0v) is 17.9. The number of aryl methyl sites for hydroxylation is 1. The molecule has 8 nitrogen and oxygen atoms in total. The molecule has 2 heterocycles. The van der Waals surface area contributed by atoms with Gasteiger partial charge in [0.25, 0.3) is 11.8 Å². The molecule has 30 heavy (non-hydrogen) atoms. The Morgan fingerprint density at radius 1 is 1.20 bits per heavy atom. The zero-order valence-electron chi connectivity index (χ0n) is 17.1. The van der Waals surface area contributed by atoms with E-state index in [1.165, 1.54) is 17.4 Å². The third-order valence-electron chi connectivity index (χ3n) is 4.56. The lowest BCUT2D eigenvalue weighted by Crippen LogP contribution is -2.25. The molecular formula is C21H23N3O5S. The molecule has 2 aromatic heterocycles. The number of benzene rings is 1. The van der Waals surface area contributed by atoms with Crippen LogP contribution in [0.25, 0.3) is 11.3 Å². The molecule has 0 radical (unpaired) electrons. The summed E-state index contributed by atoms with van der Waals surface area (Å²) in [6.07, 6.45) is 0. The van der Waals surface area contributed by atoms with Gasteiger partial charge in [0.2, 0.25) is 0 Å². The molecule has 0 unspecified atom stereocenters. The van der Waals surface area contributed by atoms with Gasteiger partial charge in [-0.1, -0.05) is 19.0 Å². The molecule has 0 saturated heterocycles. The van der Waals surface area contributed by atoms with Gasteiger partial charge in [0, 0.05) is 12.6 Å². The van der Waals surface area contributed by atoms with Crippen molar-refractivity contribution in [2.24, 2.45) is 0 Å². The maximum Gasteiger partial charge on any atom is 0.275 e. The van der Waals surface area contributed by atoms with Crippen LogP contribution in [0.1, 0.15) is 58.0 Å². The minimum atomic E-state index is -0.520. The maximum absolute atomic E-state index is 12.8. The van der Waals surface area contributed by atoms with Gasteiger partial charge < -0.3 is 25.4 Å². The normalized spacial score (nSPS) is 11.0. The molecular weight excluding hydrogens is 406 g/mol. The van der Waals surface area contributed by atoms with E-state index in [2.05, 4.69) is 15.8 Å². The molecule has 0 fully saturated rings. The summed E-state index contributed by atoms with van der Waals surface area (Å²) < 4.78 is 5.39. The van der Waals surface area contributed by atoms with Crippen LogP contribution in [0, 0.1) is 6.92 Å². The van der Waals surface area contributed by atoms with Gasteiger partial charge in [-0.2, -0.15) is 0 Å². The van der Waals surface area contributed by atoms with Crippen molar-refractivity contribution >= 4 is 28.8 Å². The number of rotatable bonds is 6. The number of hydrogen-bond acceptors (Lipinski definition) is 7. The van der Waals surface area contributed by atoms with Gasteiger partial charge in [0.05, 0.1) is 10.4 Å². The summed E-state index contributed by atoms with van der Waals surface area (Å²) in [5.74, 6) is -1.28.